The van der Waals surface area contributed by atoms with E-state index in [2.05, 4.69) is 4.98 Å². The number of carbonyl (C=O) groups excluding carboxylic acids is 2. The minimum absolute atomic E-state index is 0.00214. The molecule has 1 aliphatic heterocycles. The van der Waals surface area contributed by atoms with Crippen LogP contribution in [0.2, 0.25) is 10.0 Å². The van der Waals surface area contributed by atoms with Gasteiger partial charge in [0.05, 0.1) is 22.3 Å². The largest absolute Gasteiger partial charge is 0.282 e. The van der Waals surface area contributed by atoms with Crippen molar-refractivity contribution in [2.24, 2.45) is 0 Å². The summed E-state index contributed by atoms with van der Waals surface area (Å²) >= 11 is 13.1. The normalized spacial score (nSPS) is 14.0. The van der Waals surface area contributed by atoms with Gasteiger partial charge in [-0.1, -0.05) is 35.0 Å². The molecule has 0 unspecified atom stereocenters. The Bertz CT molecular complexity index is 1180. The number of hydrogen-bond donors (Lipinski definition) is 0. The molecular formula is C20H15Cl2N3O3S. The van der Waals surface area contributed by atoms with E-state index in [1.54, 1.807) is 42.5 Å². The van der Waals surface area contributed by atoms with Gasteiger partial charge < -0.3 is 0 Å². The predicted molar refractivity (Wildman–Crippen MR) is 114 cm³/mol. The van der Waals surface area contributed by atoms with Crippen LogP contribution in [-0.2, 0) is 9.59 Å². The first kappa shape index (κ1) is 19.9. The second-order valence-corrected chi connectivity index (χ2v) is 8.32. The summed E-state index contributed by atoms with van der Waals surface area (Å²) in [5.74, 6) is -0.456. The van der Waals surface area contributed by atoms with E-state index in [0.717, 1.165) is 11.8 Å². The molecule has 2 aromatic carbocycles. The van der Waals surface area contributed by atoms with E-state index < -0.39 is 0 Å². The Labute approximate surface area is 180 Å². The Morgan fingerprint density at radius 2 is 1.79 bits per heavy atom. The molecule has 0 bridgehead atoms. The molecule has 0 aliphatic carbocycles. The van der Waals surface area contributed by atoms with E-state index in [1.165, 1.54) is 9.47 Å². The Morgan fingerprint density at radius 1 is 1.07 bits per heavy atom. The predicted octanol–water partition coefficient (Wildman–Crippen LogP) is 3.93. The van der Waals surface area contributed by atoms with E-state index in [4.69, 9.17) is 23.2 Å². The smallest absolute Gasteiger partial charge is 0.266 e. The summed E-state index contributed by atoms with van der Waals surface area (Å²) in [5, 5.41) is 1.75. The molecule has 2 heterocycles. The summed E-state index contributed by atoms with van der Waals surface area (Å²) in [5.41, 5.74) is 0.747. The van der Waals surface area contributed by atoms with Gasteiger partial charge in [-0.2, -0.15) is 0 Å². The van der Waals surface area contributed by atoms with Crippen molar-refractivity contribution in [1.29, 1.82) is 0 Å². The second-order valence-electron chi connectivity index (χ2n) is 6.50. The zero-order chi connectivity index (χ0) is 20.5. The third-order valence-corrected chi connectivity index (χ3v) is 6.00. The average molecular weight is 448 g/mol. The van der Waals surface area contributed by atoms with Gasteiger partial charge in [-0.3, -0.25) is 23.9 Å². The van der Waals surface area contributed by atoms with Crippen LogP contribution in [0, 0.1) is 0 Å². The maximum atomic E-state index is 13.2. The van der Waals surface area contributed by atoms with Gasteiger partial charge in [-0.25, -0.2) is 4.98 Å². The fourth-order valence-electron chi connectivity index (χ4n) is 3.17. The monoisotopic (exact) mass is 447 g/mol. The summed E-state index contributed by atoms with van der Waals surface area (Å²) < 4.78 is 1.44. The lowest BCUT2D eigenvalue weighted by molar-refractivity contribution is -0.140. The maximum Gasteiger partial charge on any atom is 0.266 e. The van der Waals surface area contributed by atoms with E-state index >= 15 is 0 Å². The van der Waals surface area contributed by atoms with Crippen molar-refractivity contribution >= 4 is 57.7 Å². The summed E-state index contributed by atoms with van der Waals surface area (Å²) in [6.45, 7) is 0.434. The number of imide groups is 1. The van der Waals surface area contributed by atoms with Gasteiger partial charge in [-0.15, -0.1) is 0 Å². The molecule has 0 N–H and O–H groups in total. The Morgan fingerprint density at radius 3 is 2.48 bits per heavy atom. The summed E-state index contributed by atoms with van der Waals surface area (Å²) in [4.78, 5) is 43.3. The molecule has 9 heteroatoms. The van der Waals surface area contributed by atoms with Crippen molar-refractivity contribution in [2.75, 3.05) is 12.3 Å². The molecule has 1 aromatic heterocycles. The number of likely N-dealkylation sites (tertiary alicyclic amines) is 1. The minimum Gasteiger partial charge on any atom is -0.282 e. The SMILES string of the molecule is O=C1CCCN1C(=O)CSc1nc2cc(Cl)ccc2c(=O)n1-c1ccc(Cl)cc1. The highest BCUT2D eigenvalue weighted by Gasteiger charge is 2.26. The molecule has 3 aromatic rings. The summed E-state index contributed by atoms with van der Waals surface area (Å²) in [7, 11) is 0. The lowest BCUT2D eigenvalue weighted by Crippen LogP contribution is -2.33. The number of hydrogen-bond acceptors (Lipinski definition) is 5. The number of nitrogens with zero attached hydrogens (tertiary/aromatic N) is 3. The van der Waals surface area contributed by atoms with Crippen molar-refractivity contribution in [3.05, 3.63) is 62.9 Å². The van der Waals surface area contributed by atoms with Gasteiger partial charge in [0.25, 0.3) is 5.56 Å². The molecule has 1 fully saturated rings. The zero-order valence-electron chi connectivity index (χ0n) is 15.1. The standard InChI is InChI=1S/C20H15Cl2N3O3S/c21-12-3-6-14(7-4-12)25-19(28)15-8-5-13(22)10-16(15)23-20(25)29-11-18(27)24-9-1-2-17(24)26/h3-8,10H,1-2,9,11H2. The zero-order valence-corrected chi connectivity index (χ0v) is 17.4. The van der Waals surface area contributed by atoms with Gasteiger partial charge >= 0.3 is 0 Å². The number of rotatable bonds is 4. The third-order valence-electron chi connectivity index (χ3n) is 4.58. The van der Waals surface area contributed by atoms with Crippen LogP contribution in [0.25, 0.3) is 16.6 Å². The summed E-state index contributed by atoms with van der Waals surface area (Å²) in [6.07, 6.45) is 1.07. The molecular weight excluding hydrogens is 433 g/mol. The van der Waals surface area contributed by atoms with Crippen molar-refractivity contribution in [3.8, 4) is 5.69 Å². The molecule has 0 saturated carbocycles. The highest BCUT2D eigenvalue weighted by atomic mass is 35.5. The van der Waals surface area contributed by atoms with Crippen molar-refractivity contribution in [3.63, 3.8) is 0 Å². The van der Waals surface area contributed by atoms with Crippen LogP contribution in [0.5, 0.6) is 0 Å². The molecule has 0 spiro atoms. The molecule has 6 nitrogen and oxygen atoms in total. The van der Waals surface area contributed by atoms with Crippen LogP contribution in [0.4, 0.5) is 0 Å². The molecule has 148 valence electrons. The summed E-state index contributed by atoms with van der Waals surface area (Å²) in [6, 6.07) is 11.7. The Kier molecular flexibility index (Phi) is 5.63. The first-order valence-corrected chi connectivity index (χ1v) is 10.6. The van der Waals surface area contributed by atoms with Gasteiger partial charge in [0.2, 0.25) is 11.8 Å². The highest BCUT2D eigenvalue weighted by Crippen LogP contribution is 2.24. The van der Waals surface area contributed by atoms with Crippen molar-refractivity contribution in [2.45, 2.75) is 18.0 Å². The highest BCUT2D eigenvalue weighted by molar-refractivity contribution is 7.99. The molecule has 0 radical (unpaired) electrons. The van der Waals surface area contributed by atoms with Crippen LogP contribution < -0.4 is 5.56 Å². The number of aromatic nitrogens is 2. The van der Waals surface area contributed by atoms with E-state index in [9.17, 15) is 14.4 Å². The fraction of sp³-hybridized carbons (Fsp3) is 0.200. The fourth-order valence-corrected chi connectivity index (χ4v) is 4.35. The van der Waals surface area contributed by atoms with Gasteiger partial charge in [0, 0.05) is 23.0 Å². The number of fused-ring (bicyclic) bond motifs is 1. The lowest BCUT2D eigenvalue weighted by atomic mass is 10.2. The first-order valence-electron chi connectivity index (χ1n) is 8.88. The van der Waals surface area contributed by atoms with Gasteiger partial charge in [-0.05, 0) is 48.9 Å². The lowest BCUT2D eigenvalue weighted by Gasteiger charge is -2.15. The van der Waals surface area contributed by atoms with Crippen LogP contribution in [0.15, 0.2) is 52.4 Å². The number of benzene rings is 2. The molecule has 2 amide bonds. The molecule has 1 aliphatic rings. The third kappa shape index (κ3) is 4.03. The van der Waals surface area contributed by atoms with E-state index in [0.29, 0.717) is 51.2 Å². The maximum absolute atomic E-state index is 13.2. The van der Waals surface area contributed by atoms with E-state index in [-0.39, 0.29) is 23.1 Å². The number of halogens is 2. The number of thioether (sulfide) groups is 1. The Balaban J connectivity index is 1.77. The van der Waals surface area contributed by atoms with Gasteiger partial charge in [0.1, 0.15) is 0 Å². The van der Waals surface area contributed by atoms with Crippen molar-refractivity contribution < 1.29 is 9.59 Å². The first-order chi connectivity index (χ1) is 13.9. The topological polar surface area (TPSA) is 72.3 Å². The second kappa shape index (κ2) is 8.18. The van der Waals surface area contributed by atoms with E-state index in [1.807, 2.05) is 0 Å². The number of carbonyl (C=O) groups is 2. The molecule has 1 saturated heterocycles. The van der Waals surface area contributed by atoms with Gasteiger partial charge in [0.15, 0.2) is 5.16 Å². The quantitative estimate of drug-likeness (QED) is 0.447. The Hall–Kier alpha value is -2.35. The molecule has 4 rings (SSSR count). The van der Waals surface area contributed by atoms with Crippen LogP contribution >= 0.6 is 35.0 Å². The van der Waals surface area contributed by atoms with Crippen LogP contribution in [-0.4, -0.2) is 38.6 Å². The average Bonchev–Trinajstić information content (AvgIpc) is 3.13. The minimum atomic E-state index is -0.291. The van der Waals surface area contributed by atoms with Crippen molar-refractivity contribution in [1.82, 2.24) is 14.5 Å². The van der Waals surface area contributed by atoms with Crippen LogP contribution in [0.3, 0.4) is 0 Å². The molecule has 29 heavy (non-hydrogen) atoms. The van der Waals surface area contributed by atoms with Crippen LogP contribution in [0.1, 0.15) is 12.8 Å². The molecule has 0 atom stereocenters. The number of amides is 2.